The Bertz CT molecular complexity index is 387. The number of fused-ring (bicyclic) bond motifs is 1. The molecular weight excluding hydrogens is 174 g/mol. The van der Waals surface area contributed by atoms with E-state index in [-0.39, 0.29) is 0 Å². The smallest absolute Gasteiger partial charge is 0.173 e. The zero-order valence-electron chi connectivity index (χ0n) is 6.52. The van der Waals surface area contributed by atoms with Crippen molar-refractivity contribution in [3.63, 3.8) is 0 Å². The molecule has 0 aromatic carbocycles. The van der Waals surface area contributed by atoms with Gasteiger partial charge in [0, 0.05) is 7.11 Å². The molecule has 0 aliphatic carbocycles. The Morgan fingerprint density at radius 3 is 3.25 bits per heavy atom. The van der Waals surface area contributed by atoms with Crippen molar-refractivity contribution in [3.8, 4) is 0 Å². The molecule has 2 aromatic rings. The quantitative estimate of drug-likeness (QED) is 0.699. The average molecular weight is 181 g/mol. The van der Waals surface area contributed by atoms with E-state index in [9.17, 15) is 0 Å². The number of thiazole rings is 1. The lowest BCUT2D eigenvalue weighted by Gasteiger charge is -1.95. The minimum atomic E-state index is 0.438. The number of hydrogen-bond acceptors (Lipinski definition) is 5. The fourth-order valence-corrected chi connectivity index (χ4v) is 1.49. The van der Waals surface area contributed by atoms with Gasteiger partial charge in [0.2, 0.25) is 0 Å². The highest BCUT2D eigenvalue weighted by atomic mass is 32.1. The molecule has 0 aliphatic heterocycles. The topological polar surface area (TPSA) is 47.9 Å². The van der Waals surface area contributed by atoms with Crippen molar-refractivity contribution < 1.29 is 4.74 Å². The summed E-state index contributed by atoms with van der Waals surface area (Å²) < 4.78 is 5.91. The maximum Gasteiger partial charge on any atom is 0.173 e. The fourth-order valence-electron chi connectivity index (χ4n) is 0.904. The molecule has 0 radical (unpaired) electrons. The molecule has 0 N–H and O–H groups in total. The molecule has 2 aromatic heterocycles. The van der Waals surface area contributed by atoms with Crippen LogP contribution in [-0.4, -0.2) is 22.1 Å². The third-order valence-electron chi connectivity index (χ3n) is 1.41. The number of hydrogen-bond donors (Lipinski definition) is 0. The van der Waals surface area contributed by atoms with Gasteiger partial charge in [-0.3, -0.25) is 0 Å². The largest absolute Gasteiger partial charge is 0.377 e. The van der Waals surface area contributed by atoms with Crippen LogP contribution in [0.25, 0.3) is 10.3 Å². The standard InChI is InChI=1S/C7H7N3OS/c1-11-3-6-8-2-5-7(10-6)9-4-12-5/h2,4H,3H2,1H3. The number of aromatic nitrogens is 3. The van der Waals surface area contributed by atoms with Gasteiger partial charge in [0.1, 0.15) is 6.61 Å². The Morgan fingerprint density at radius 1 is 1.50 bits per heavy atom. The Labute approximate surface area is 73.3 Å². The van der Waals surface area contributed by atoms with Crippen LogP contribution in [0.3, 0.4) is 0 Å². The molecule has 2 heterocycles. The molecule has 62 valence electrons. The molecule has 0 spiro atoms. The number of rotatable bonds is 2. The maximum atomic E-state index is 4.90. The molecule has 2 rings (SSSR count). The SMILES string of the molecule is COCc1ncc2scnc2n1. The molecule has 12 heavy (non-hydrogen) atoms. The first-order valence-electron chi connectivity index (χ1n) is 3.44. The molecule has 0 amide bonds. The van der Waals surface area contributed by atoms with Crippen LogP contribution < -0.4 is 0 Å². The summed E-state index contributed by atoms with van der Waals surface area (Å²) in [5, 5.41) is 0. The second-order valence-corrected chi connectivity index (χ2v) is 3.15. The summed E-state index contributed by atoms with van der Waals surface area (Å²) in [5.74, 6) is 0.677. The van der Waals surface area contributed by atoms with E-state index < -0.39 is 0 Å². The Hall–Kier alpha value is -1.07. The van der Waals surface area contributed by atoms with Gasteiger partial charge in [0.25, 0.3) is 0 Å². The molecular formula is C7H7N3OS. The number of nitrogens with zero attached hydrogens (tertiary/aromatic N) is 3. The molecule has 0 fully saturated rings. The van der Waals surface area contributed by atoms with Crippen LogP contribution >= 0.6 is 11.3 Å². The van der Waals surface area contributed by atoms with Gasteiger partial charge in [-0.05, 0) is 0 Å². The first-order valence-corrected chi connectivity index (χ1v) is 4.32. The van der Waals surface area contributed by atoms with Crippen molar-refractivity contribution >= 4 is 21.7 Å². The highest BCUT2D eigenvalue weighted by molar-refractivity contribution is 7.16. The zero-order valence-corrected chi connectivity index (χ0v) is 7.34. The van der Waals surface area contributed by atoms with E-state index in [2.05, 4.69) is 15.0 Å². The molecule has 0 saturated heterocycles. The van der Waals surface area contributed by atoms with E-state index in [1.807, 2.05) is 0 Å². The minimum Gasteiger partial charge on any atom is -0.377 e. The number of methoxy groups -OCH3 is 1. The maximum absolute atomic E-state index is 4.90. The van der Waals surface area contributed by atoms with Crippen molar-refractivity contribution in [2.24, 2.45) is 0 Å². The van der Waals surface area contributed by atoms with E-state index in [1.54, 1.807) is 18.8 Å². The van der Waals surface area contributed by atoms with Crippen LogP contribution in [0.1, 0.15) is 5.82 Å². The Kier molecular flexibility index (Phi) is 1.97. The minimum absolute atomic E-state index is 0.438. The van der Waals surface area contributed by atoms with E-state index in [0.717, 1.165) is 10.3 Å². The fraction of sp³-hybridized carbons (Fsp3) is 0.286. The van der Waals surface area contributed by atoms with Crippen molar-refractivity contribution in [1.29, 1.82) is 0 Å². The van der Waals surface area contributed by atoms with Crippen LogP contribution in [0, 0.1) is 0 Å². The van der Waals surface area contributed by atoms with Crippen LogP contribution in [0.4, 0.5) is 0 Å². The summed E-state index contributed by atoms with van der Waals surface area (Å²) in [6, 6.07) is 0. The van der Waals surface area contributed by atoms with Gasteiger partial charge in [-0.2, -0.15) is 0 Å². The van der Waals surface area contributed by atoms with Gasteiger partial charge in [0.05, 0.1) is 16.4 Å². The van der Waals surface area contributed by atoms with Gasteiger partial charge in [-0.25, -0.2) is 15.0 Å². The van der Waals surface area contributed by atoms with Crippen LogP contribution in [0.15, 0.2) is 11.7 Å². The normalized spacial score (nSPS) is 10.8. The summed E-state index contributed by atoms with van der Waals surface area (Å²) in [7, 11) is 1.62. The van der Waals surface area contributed by atoms with Gasteiger partial charge < -0.3 is 4.74 Å². The summed E-state index contributed by atoms with van der Waals surface area (Å²) in [4.78, 5) is 12.4. The van der Waals surface area contributed by atoms with Crippen molar-refractivity contribution in [2.75, 3.05) is 7.11 Å². The lowest BCUT2D eigenvalue weighted by atomic mass is 10.5. The van der Waals surface area contributed by atoms with Gasteiger partial charge >= 0.3 is 0 Å². The molecule has 0 bridgehead atoms. The van der Waals surface area contributed by atoms with Crippen LogP contribution in [0.5, 0.6) is 0 Å². The summed E-state index contributed by atoms with van der Waals surface area (Å²) in [6.45, 7) is 0.438. The molecule has 5 heteroatoms. The predicted octanol–water partition coefficient (Wildman–Crippen LogP) is 1.23. The second kappa shape index (κ2) is 3.12. The lowest BCUT2D eigenvalue weighted by Crippen LogP contribution is -1.95. The Balaban J connectivity index is 2.46. The molecule has 0 aliphatic rings. The second-order valence-electron chi connectivity index (χ2n) is 2.26. The van der Waals surface area contributed by atoms with Crippen LogP contribution in [0.2, 0.25) is 0 Å². The number of ether oxygens (including phenoxy) is 1. The molecule has 0 saturated carbocycles. The van der Waals surface area contributed by atoms with Crippen molar-refractivity contribution in [1.82, 2.24) is 15.0 Å². The van der Waals surface area contributed by atoms with Gasteiger partial charge in [0.15, 0.2) is 11.5 Å². The van der Waals surface area contributed by atoms with E-state index in [0.29, 0.717) is 12.4 Å². The van der Waals surface area contributed by atoms with Gasteiger partial charge in [-0.15, -0.1) is 11.3 Å². The summed E-state index contributed by atoms with van der Waals surface area (Å²) >= 11 is 1.54. The highest BCUT2D eigenvalue weighted by Gasteiger charge is 2.00. The third-order valence-corrected chi connectivity index (χ3v) is 2.17. The van der Waals surface area contributed by atoms with E-state index in [1.165, 1.54) is 11.3 Å². The van der Waals surface area contributed by atoms with Crippen LogP contribution in [-0.2, 0) is 11.3 Å². The Morgan fingerprint density at radius 2 is 2.42 bits per heavy atom. The summed E-state index contributed by atoms with van der Waals surface area (Å²) in [6.07, 6.45) is 1.77. The van der Waals surface area contributed by atoms with Crippen molar-refractivity contribution in [3.05, 3.63) is 17.5 Å². The van der Waals surface area contributed by atoms with E-state index in [4.69, 9.17) is 4.74 Å². The monoisotopic (exact) mass is 181 g/mol. The van der Waals surface area contributed by atoms with E-state index >= 15 is 0 Å². The molecule has 4 nitrogen and oxygen atoms in total. The van der Waals surface area contributed by atoms with Gasteiger partial charge in [-0.1, -0.05) is 0 Å². The van der Waals surface area contributed by atoms with Crippen molar-refractivity contribution in [2.45, 2.75) is 6.61 Å². The zero-order chi connectivity index (χ0) is 8.39. The third kappa shape index (κ3) is 1.28. The molecule has 0 atom stereocenters. The lowest BCUT2D eigenvalue weighted by molar-refractivity contribution is 0.178. The first kappa shape index (κ1) is 7.57. The summed E-state index contributed by atoms with van der Waals surface area (Å²) in [5.41, 5.74) is 2.51. The first-order chi connectivity index (χ1) is 5.90. The molecule has 0 unspecified atom stereocenters. The predicted molar refractivity (Wildman–Crippen MR) is 45.9 cm³/mol. The average Bonchev–Trinajstić information content (AvgIpc) is 2.51. The highest BCUT2D eigenvalue weighted by Crippen LogP contribution is 2.13.